The SMILES string of the molecule is CN(C)C(=O)CN(C)c1ccc(N)c(OCC(F)(F)F)n1. The van der Waals surface area contributed by atoms with Crippen LogP contribution in [0.25, 0.3) is 0 Å². The van der Waals surface area contributed by atoms with E-state index in [2.05, 4.69) is 9.72 Å². The first-order valence-corrected chi connectivity index (χ1v) is 5.97. The number of anilines is 2. The summed E-state index contributed by atoms with van der Waals surface area (Å²) in [6, 6.07) is 2.88. The van der Waals surface area contributed by atoms with Crippen LogP contribution in [0.2, 0.25) is 0 Å². The number of carbonyl (C=O) groups is 1. The minimum atomic E-state index is -4.48. The van der Waals surface area contributed by atoms with Crippen LogP contribution >= 0.6 is 0 Å². The van der Waals surface area contributed by atoms with E-state index in [-0.39, 0.29) is 29.8 Å². The monoisotopic (exact) mass is 306 g/mol. The van der Waals surface area contributed by atoms with E-state index in [1.807, 2.05) is 0 Å². The van der Waals surface area contributed by atoms with E-state index in [0.29, 0.717) is 0 Å². The van der Waals surface area contributed by atoms with Gasteiger partial charge >= 0.3 is 6.18 Å². The van der Waals surface area contributed by atoms with Crippen molar-refractivity contribution in [3.8, 4) is 5.88 Å². The molecule has 21 heavy (non-hydrogen) atoms. The lowest BCUT2D eigenvalue weighted by molar-refractivity contribution is -0.153. The predicted octanol–water partition coefficient (Wildman–Crippen LogP) is 1.13. The molecule has 118 valence electrons. The van der Waals surface area contributed by atoms with Crippen molar-refractivity contribution in [2.45, 2.75) is 6.18 Å². The second kappa shape index (κ2) is 6.51. The van der Waals surface area contributed by atoms with Crippen LogP contribution in [0.4, 0.5) is 24.7 Å². The highest BCUT2D eigenvalue weighted by atomic mass is 19.4. The van der Waals surface area contributed by atoms with Crippen molar-refractivity contribution < 1.29 is 22.7 Å². The Kier molecular flexibility index (Phi) is 5.23. The number of halogens is 3. The van der Waals surface area contributed by atoms with Crippen LogP contribution in [0.5, 0.6) is 5.88 Å². The molecule has 0 aliphatic carbocycles. The summed E-state index contributed by atoms with van der Waals surface area (Å²) in [5, 5.41) is 0. The van der Waals surface area contributed by atoms with E-state index in [0.717, 1.165) is 0 Å². The highest BCUT2D eigenvalue weighted by Gasteiger charge is 2.29. The van der Waals surface area contributed by atoms with E-state index in [1.165, 1.54) is 21.9 Å². The summed E-state index contributed by atoms with van der Waals surface area (Å²) in [5.41, 5.74) is 5.52. The molecule has 2 N–H and O–H groups in total. The van der Waals surface area contributed by atoms with Gasteiger partial charge in [-0.1, -0.05) is 0 Å². The Bertz CT molecular complexity index is 506. The zero-order valence-corrected chi connectivity index (χ0v) is 11.9. The molecule has 0 aromatic carbocycles. The molecule has 1 rings (SSSR count). The maximum Gasteiger partial charge on any atom is 0.422 e. The molecular weight excluding hydrogens is 289 g/mol. The van der Waals surface area contributed by atoms with Crippen LogP contribution in [0.15, 0.2) is 12.1 Å². The fourth-order valence-corrected chi connectivity index (χ4v) is 1.35. The summed E-state index contributed by atoms with van der Waals surface area (Å²) in [7, 11) is 4.79. The minimum absolute atomic E-state index is 0.00432. The number of hydrogen-bond acceptors (Lipinski definition) is 5. The summed E-state index contributed by atoms with van der Waals surface area (Å²) in [5.74, 6) is -0.195. The molecule has 0 fully saturated rings. The van der Waals surface area contributed by atoms with Gasteiger partial charge < -0.3 is 20.3 Å². The van der Waals surface area contributed by atoms with Crippen molar-refractivity contribution in [3.05, 3.63) is 12.1 Å². The van der Waals surface area contributed by atoms with Gasteiger partial charge in [0.25, 0.3) is 0 Å². The normalized spacial score (nSPS) is 11.1. The highest BCUT2D eigenvalue weighted by molar-refractivity contribution is 5.80. The summed E-state index contributed by atoms with van der Waals surface area (Å²) in [6.07, 6.45) is -4.48. The zero-order valence-electron chi connectivity index (χ0n) is 11.9. The van der Waals surface area contributed by atoms with Gasteiger partial charge in [-0.3, -0.25) is 4.79 Å². The molecule has 1 heterocycles. The molecule has 6 nitrogen and oxygen atoms in total. The van der Waals surface area contributed by atoms with Crippen molar-refractivity contribution in [3.63, 3.8) is 0 Å². The first kappa shape index (κ1) is 16.9. The number of nitrogens with two attached hydrogens (primary N) is 1. The van der Waals surface area contributed by atoms with Gasteiger partial charge in [-0.15, -0.1) is 0 Å². The number of rotatable bonds is 5. The maximum absolute atomic E-state index is 12.1. The van der Waals surface area contributed by atoms with E-state index in [4.69, 9.17) is 5.73 Å². The number of nitrogen functional groups attached to an aromatic ring is 1. The fourth-order valence-electron chi connectivity index (χ4n) is 1.35. The van der Waals surface area contributed by atoms with Gasteiger partial charge in [0.05, 0.1) is 12.2 Å². The molecule has 1 amide bonds. The van der Waals surface area contributed by atoms with Crippen molar-refractivity contribution in [2.75, 3.05) is 44.9 Å². The van der Waals surface area contributed by atoms with Gasteiger partial charge in [-0.2, -0.15) is 18.2 Å². The van der Waals surface area contributed by atoms with Gasteiger partial charge in [0.2, 0.25) is 11.8 Å². The Morgan fingerprint density at radius 3 is 2.48 bits per heavy atom. The quantitative estimate of drug-likeness (QED) is 0.883. The van der Waals surface area contributed by atoms with Crippen LogP contribution in [0, 0.1) is 0 Å². The Hall–Kier alpha value is -2.19. The van der Waals surface area contributed by atoms with Gasteiger partial charge in [-0.05, 0) is 12.1 Å². The predicted molar refractivity (Wildman–Crippen MR) is 72.2 cm³/mol. The lowest BCUT2D eigenvalue weighted by Crippen LogP contribution is -2.34. The molecule has 1 aromatic heterocycles. The summed E-state index contributed by atoms with van der Waals surface area (Å²) in [6.45, 7) is -1.45. The zero-order chi connectivity index (χ0) is 16.2. The third kappa shape index (κ3) is 5.36. The van der Waals surface area contributed by atoms with Crippen LogP contribution in [-0.2, 0) is 4.79 Å². The Morgan fingerprint density at radius 1 is 1.33 bits per heavy atom. The molecule has 0 aliphatic heterocycles. The number of alkyl halides is 3. The summed E-state index contributed by atoms with van der Waals surface area (Å²) >= 11 is 0. The van der Waals surface area contributed by atoms with Gasteiger partial charge in [0, 0.05) is 21.1 Å². The number of likely N-dealkylation sites (N-methyl/N-ethyl adjacent to an activating group) is 2. The Labute approximate surface area is 120 Å². The number of ether oxygens (including phenoxy) is 1. The number of hydrogen-bond donors (Lipinski definition) is 1. The van der Waals surface area contributed by atoms with E-state index in [1.54, 1.807) is 21.1 Å². The highest BCUT2D eigenvalue weighted by Crippen LogP contribution is 2.25. The van der Waals surface area contributed by atoms with Crippen LogP contribution in [-0.4, -0.2) is 56.3 Å². The molecule has 0 aliphatic rings. The number of carbonyl (C=O) groups excluding carboxylic acids is 1. The molecular formula is C12H17F3N4O2. The standard InChI is InChI=1S/C12H17F3N4O2/c1-18(2)10(20)6-19(3)9-5-4-8(16)11(17-9)21-7-12(13,14)15/h4-5H,6-7,16H2,1-3H3. The first-order chi connectivity index (χ1) is 9.60. The molecule has 0 saturated carbocycles. The molecule has 1 aromatic rings. The second-order valence-corrected chi connectivity index (χ2v) is 4.61. The smallest absolute Gasteiger partial charge is 0.422 e. The molecule has 0 unspecified atom stereocenters. The average molecular weight is 306 g/mol. The summed E-state index contributed by atoms with van der Waals surface area (Å²) in [4.78, 5) is 18.4. The summed E-state index contributed by atoms with van der Waals surface area (Å²) < 4.78 is 41.0. The third-order valence-electron chi connectivity index (χ3n) is 2.51. The Balaban J connectivity index is 2.83. The van der Waals surface area contributed by atoms with Crippen LogP contribution in [0.1, 0.15) is 0 Å². The number of aromatic nitrogens is 1. The lowest BCUT2D eigenvalue weighted by Gasteiger charge is -2.21. The number of amides is 1. The van der Waals surface area contributed by atoms with Gasteiger partial charge in [-0.25, -0.2) is 0 Å². The first-order valence-electron chi connectivity index (χ1n) is 5.97. The van der Waals surface area contributed by atoms with E-state index < -0.39 is 12.8 Å². The number of pyridine rings is 1. The van der Waals surface area contributed by atoms with Crippen molar-refractivity contribution in [1.82, 2.24) is 9.88 Å². The Morgan fingerprint density at radius 2 is 1.95 bits per heavy atom. The largest absolute Gasteiger partial charge is 0.466 e. The molecule has 0 saturated heterocycles. The van der Waals surface area contributed by atoms with E-state index >= 15 is 0 Å². The van der Waals surface area contributed by atoms with Gasteiger partial charge in [0.15, 0.2) is 6.61 Å². The van der Waals surface area contributed by atoms with Gasteiger partial charge in [0.1, 0.15) is 5.82 Å². The molecule has 9 heteroatoms. The number of nitrogens with zero attached hydrogens (tertiary/aromatic N) is 3. The topological polar surface area (TPSA) is 71.7 Å². The third-order valence-corrected chi connectivity index (χ3v) is 2.51. The second-order valence-electron chi connectivity index (χ2n) is 4.61. The van der Waals surface area contributed by atoms with Crippen molar-refractivity contribution >= 4 is 17.4 Å². The average Bonchev–Trinajstić information content (AvgIpc) is 2.36. The molecule has 0 bridgehead atoms. The minimum Gasteiger partial charge on any atom is -0.466 e. The van der Waals surface area contributed by atoms with Crippen molar-refractivity contribution in [2.24, 2.45) is 0 Å². The van der Waals surface area contributed by atoms with E-state index in [9.17, 15) is 18.0 Å². The molecule has 0 spiro atoms. The van der Waals surface area contributed by atoms with Crippen LogP contribution in [0.3, 0.4) is 0 Å². The molecule has 0 atom stereocenters. The fraction of sp³-hybridized carbons (Fsp3) is 0.500. The maximum atomic E-state index is 12.1. The lowest BCUT2D eigenvalue weighted by atomic mass is 10.3. The van der Waals surface area contributed by atoms with Crippen molar-refractivity contribution in [1.29, 1.82) is 0 Å². The van der Waals surface area contributed by atoms with Crippen LogP contribution < -0.4 is 15.4 Å². The molecule has 0 radical (unpaired) electrons.